The number of carbonyl (C=O) groups is 2. The van der Waals surface area contributed by atoms with Crippen LogP contribution < -0.4 is 5.32 Å². The number of aromatic nitrogens is 2. The van der Waals surface area contributed by atoms with Crippen molar-refractivity contribution in [1.82, 2.24) is 20.4 Å². The topological polar surface area (TPSA) is 97.6 Å². The number of carbonyl (C=O) groups excluding carboxylic acids is 2. The van der Waals surface area contributed by atoms with Crippen molar-refractivity contribution in [3.63, 3.8) is 0 Å². The Morgan fingerprint density at radius 3 is 2.31 bits per heavy atom. The molecule has 0 aliphatic rings. The average molecular weight is 414 g/mol. The lowest BCUT2D eigenvalue weighted by Crippen LogP contribution is -2.39. The summed E-state index contributed by atoms with van der Waals surface area (Å²) in [5.74, 6) is -2.08. The molecular formula is C18H21F3N4O4. The molecule has 2 amide bonds. The highest BCUT2D eigenvalue weighted by Gasteiger charge is 2.38. The Bertz CT molecular complexity index is 857. The number of ether oxygens (including phenoxy) is 1. The Labute approximate surface area is 165 Å². The lowest BCUT2D eigenvalue weighted by atomic mass is 10.1. The molecule has 0 bridgehead atoms. The third-order valence-electron chi connectivity index (χ3n) is 3.51. The summed E-state index contributed by atoms with van der Waals surface area (Å²) in [7, 11) is 1.55. The van der Waals surface area contributed by atoms with Crippen LogP contribution in [0.2, 0.25) is 0 Å². The zero-order valence-corrected chi connectivity index (χ0v) is 16.3. The van der Waals surface area contributed by atoms with Crippen LogP contribution in [0.25, 0.3) is 11.4 Å². The van der Waals surface area contributed by atoms with Gasteiger partial charge in [0.2, 0.25) is 5.82 Å². The number of rotatable bonds is 5. The second-order valence-electron chi connectivity index (χ2n) is 7.16. The summed E-state index contributed by atoms with van der Waals surface area (Å²) in [6, 6.07) is 5.66. The summed E-state index contributed by atoms with van der Waals surface area (Å²) < 4.78 is 46.9. The van der Waals surface area contributed by atoms with Crippen molar-refractivity contribution in [2.75, 3.05) is 20.1 Å². The summed E-state index contributed by atoms with van der Waals surface area (Å²) in [4.78, 5) is 28.6. The third kappa shape index (κ3) is 6.47. The first-order valence-corrected chi connectivity index (χ1v) is 8.60. The number of benzene rings is 1. The molecule has 0 aliphatic heterocycles. The Hall–Kier alpha value is -3.11. The van der Waals surface area contributed by atoms with Gasteiger partial charge < -0.3 is 19.5 Å². The summed E-state index contributed by atoms with van der Waals surface area (Å²) in [5, 5.41) is 5.93. The summed E-state index contributed by atoms with van der Waals surface area (Å²) in [6.45, 7) is 5.69. The van der Waals surface area contributed by atoms with Crippen LogP contribution in [0, 0.1) is 0 Å². The van der Waals surface area contributed by atoms with E-state index in [1.807, 2.05) is 0 Å². The van der Waals surface area contributed by atoms with Gasteiger partial charge >= 0.3 is 18.2 Å². The van der Waals surface area contributed by atoms with Gasteiger partial charge in [0.1, 0.15) is 5.60 Å². The smallest absolute Gasteiger partial charge is 0.444 e. The van der Waals surface area contributed by atoms with Crippen LogP contribution in [0.4, 0.5) is 18.0 Å². The maximum Gasteiger partial charge on any atom is 0.471 e. The van der Waals surface area contributed by atoms with Gasteiger partial charge in [0.05, 0.1) is 0 Å². The molecule has 2 aromatic rings. The second kappa shape index (κ2) is 8.50. The van der Waals surface area contributed by atoms with Gasteiger partial charge in [-0.25, -0.2) is 4.79 Å². The fourth-order valence-electron chi connectivity index (χ4n) is 2.10. The number of nitrogens with zero attached hydrogens (tertiary/aromatic N) is 3. The van der Waals surface area contributed by atoms with Crippen LogP contribution in [-0.2, 0) is 10.9 Å². The van der Waals surface area contributed by atoms with Crippen molar-refractivity contribution in [1.29, 1.82) is 0 Å². The van der Waals surface area contributed by atoms with Crippen LogP contribution >= 0.6 is 0 Å². The van der Waals surface area contributed by atoms with Gasteiger partial charge in [-0.1, -0.05) is 17.3 Å². The first-order chi connectivity index (χ1) is 13.4. The van der Waals surface area contributed by atoms with Crippen LogP contribution in [0.3, 0.4) is 0 Å². The van der Waals surface area contributed by atoms with Crippen LogP contribution in [0.15, 0.2) is 28.8 Å². The van der Waals surface area contributed by atoms with Gasteiger partial charge in [0.25, 0.3) is 5.91 Å². The number of nitrogens with one attached hydrogen (secondary N) is 1. The Kier molecular flexibility index (Phi) is 6.50. The van der Waals surface area contributed by atoms with Gasteiger partial charge in [-0.15, -0.1) is 0 Å². The monoisotopic (exact) mass is 414 g/mol. The van der Waals surface area contributed by atoms with Gasteiger partial charge in [-0.2, -0.15) is 18.2 Å². The van der Waals surface area contributed by atoms with E-state index in [-0.39, 0.29) is 30.0 Å². The minimum atomic E-state index is -4.72. The van der Waals surface area contributed by atoms with Crippen molar-refractivity contribution in [3.8, 4) is 11.4 Å². The lowest BCUT2D eigenvalue weighted by Gasteiger charge is -2.24. The second-order valence-corrected chi connectivity index (χ2v) is 7.16. The zero-order chi connectivity index (χ0) is 21.8. The SMILES string of the molecule is CN(CCNC(=O)c1ccc(-c2noc(C(F)(F)F)n2)cc1)C(=O)OC(C)(C)C. The van der Waals surface area contributed by atoms with E-state index in [1.165, 1.54) is 29.2 Å². The Balaban J connectivity index is 1.89. The molecule has 8 nitrogen and oxygen atoms in total. The minimum absolute atomic E-state index is 0.191. The molecule has 0 unspecified atom stereocenters. The van der Waals surface area contributed by atoms with E-state index in [9.17, 15) is 22.8 Å². The number of amides is 2. The van der Waals surface area contributed by atoms with Crippen molar-refractivity contribution in [2.45, 2.75) is 32.5 Å². The predicted molar refractivity (Wildman–Crippen MR) is 95.9 cm³/mol. The molecule has 1 aromatic carbocycles. The van der Waals surface area contributed by atoms with Crippen LogP contribution in [-0.4, -0.2) is 52.8 Å². The Morgan fingerprint density at radius 2 is 1.79 bits per heavy atom. The van der Waals surface area contributed by atoms with E-state index in [2.05, 4.69) is 20.0 Å². The number of likely N-dealkylation sites (N-methyl/N-ethyl adjacent to an activating group) is 1. The number of hydrogen-bond acceptors (Lipinski definition) is 6. The van der Waals surface area contributed by atoms with E-state index in [0.717, 1.165) is 0 Å². The fourth-order valence-corrected chi connectivity index (χ4v) is 2.10. The zero-order valence-electron chi connectivity index (χ0n) is 16.3. The summed E-state index contributed by atoms with van der Waals surface area (Å²) in [6.07, 6.45) is -5.23. The van der Waals surface area contributed by atoms with Crippen molar-refractivity contribution >= 4 is 12.0 Å². The minimum Gasteiger partial charge on any atom is -0.444 e. The number of hydrogen-bond donors (Lipinski definition) is 1. The van der Waals surface area contributed by atoms with Gasteiger partial charge in [-0.05, 0) is 32.9 Å². The molecule has 0 radical (unpaired) electrons. The van der Waals surface area contributed by atoms with Crippen molar-refractivity contribution in [2.24, 2.45) is 0 Å². The maximum atomic E-state index is 12.5. The van der Waals surface area contributed by atoms with E-state index < -0.39 is 29.7 Å². The summed E-state index contributed by atoms with van der Waals surface area (Å²) >= 11 is 0. The molecule has 11 heteroatoms. The number of alkyl halides is 3. The Morgan fingerprint density at radius 1 is 1.17 bits per heavy atom. The third-order valence-corrected chi connectivity index (χ3v) is 3.51. The highest BCUT2D eigenvalue weighted by atomic mass is 19.4. The summed E-state index contributed by atoms with van der Waals surface area (Å²) in [5.41, 5.74) is -0.0609. The molecular weight excluding hydrogens is 393 g/mol. The normalized spacial score (nSPS) is 11.8. The van der Waals surface area contributed by atoms with Crippen LogP contribution in [0.5, 0.6) is 0 Å². The molecule has 0 atom stereocenters. The van der Waals surface area contributed by atoms with E-state index in [1.54, 1.807) is 27.8 Å². The molecule has 1 heterocycles. The lowest BCUT2D eigenvalue weighted by molar-refractivity contribution is -0.159. The van der Waals surface area contributed by atoms with Crippen LogP contribution in [0.1, 0.15) is 37.0 Å². The molecule has 0 fully saturated rings. The predicted octanol–water partition coefficient (Wildman–Crippen LogP) is 3.35. The van der Waals surface area contributed by atoms with Gasteiger partial charge in [0, 0.05) is 31.3 Å². The molecule has 0 saturated carbocycles. The van der Waals surface area contributed by atoms with E-state index in [4.69, 9.17) is 4.74 Å². The van der Waals surface area contributed by atoms with Gasteiger partial charge in [0.15, 0.2) is 0 Å². The first-order valence-electron chi connectivity index (χ1n) is 8.60. The molecule has 1 N–H and O–H groups in total. The molecule has 29 heavy (non-hydrogen) atoms. The molecule has 0 spiro atoms. The fraction of sp³-hybridized carbons (Fsp3) is 0.444. The highest BCUT2D eigenvalue weighted by molar-refractivity contribution is 5.94. The molecule has 0 saturated heterocycles. The number of halogens is 3. The molecule has 0 aliphatic carbocycles. The van der Waals surface area contributed by atoms with E-state index >= 15 is 0 Å². The molecule has 1 aromatic heterocycles. The standard InChI is InChI=1S/C18H21F3N4O4/c1-17(2,3)28-16(27)25(4)10-9-22-14(26)12-7-5-11(6-8-12)13-23-15(29-24-13)18(19,20)21/h5-8H,9-10H2,1-4H3,(H,22,26). The highest BCUT2D eigenvalue weighted by Crippen LogP contribution is 2.29. The van der Waals surface area contributed by atoms with Crippen molar-refractivity contribution < 1.29 is 32.0 Å². The molecule has 158 valence electrons. The van der Waals surface area contributed by atoms with Crippen molar-refractivity contribution in [3.05, 3.63) is 35.7 Å². The maximum absolute atomic E-state index is 12.5. The van der Waals surface area contributed by atoms with Gasteiger partial charge in [-0.3, -0.25) is 4.79 Å². The quantitative estimate of drug-likeness (QED) is 0.806. The average Bonchev–Trinajstić information content (AvgIpc) is 3.10. The van der Waals surface area contributed by atoms with E-state index in [0.29, 0.717) is 0 Å². The first kappa shape index (κ1) is 22.2. The largest absolute Gasteiger partial charge is 0.471 e. The molecule has 2 rings (SSSR count).